The van der Waals surface area contributed by atoms with Gasteiger partial charge in [-0.2, -0.15) is 0 Å². The van der Waals surface area contributed by atoms with Crippen molar-refractivity contribution in [2.75, 3.05) is 20.8 Å². The minimum atomic E-state index is 0. The van der Waals surface area contributed by atoms with E-state index in [1.54, 1.807) is 13.2 Å². The van der Waals surface area contributed by atoms with Gasteiger partial charge in [-0.05, 0) is 50.8 Å². The van der Waals surface area contributed by atoms with Crippen LogP contribution in [0.15, 0.2) is 41.4 Å². The highest BCUT2D eigenvalue weighted by Gasteiger charge is 2.18. The zero-order valence-corrected chi connectivity index (χ0v) is 21.3. The number of aliphatic imine (C=N–C) groups is 1. The van der Waals surface area contributed by atoms with Crippen LogP contribution in [0.25, 0.3) is 0 Å². The number of nitrogens with zero attached hydrogens (tertiary/aromatic N) is 1. The largest absolute Gasteiger partial charge is 0.504 e. The third-order valence-corrected chi connectivity index (χ3v) is 5.37. The Hall–Kier alpha value is -2.36. The highest BCUT2D eigenvalue weighted by atomic mass is 127. The van der Waals surface area contributed by atoms with Crippen LogP contribution in [0.3, 0.4) is 0 Å². The van der Waals surface area contributed by atoms with Gasteiger partial charge in [0.2, 0.25) is 0 Å². The molecule has 0 aliphatic heterocycles. The molecule has 0 unspecified atom stereocenters. The van der Waals surface area contributed by atoms with Crippen molar-refractivity contribution in [2.24, 2.45) is 4.99 Å². The number of guanidine groups is 1. The third kappa shape index (κ3) is 7.08. The summed E-state index contributed by atoms with van der Waals surface area (Å²) in [5.74, 6) is 2.85. The molecule has 0 saturated heterocycles. The van der Waals surface area contributed by atoms with E-state index in [0.717, 1.165) is 42.0 Å². The SMILES string of the molecule is CCNC(=NCc1ccc(OC)cc1OC1CCCC1)NCc1cccc(OC)c1O.I. The number of hydrogen-bond acceptors (Lipinski definition) is 5. The van der Waals surface area contributed by atoms with Gasteiger partial charge in [-0.1, -0.05) is 12.1 Å². The number of rotatable bonds is 9. The molecule has 1 fully saturated rings. The van der Waals surface area contributed by atoms with Gasteiger partial charge in [0, 0.05) is 30.3 Å². The Balaban J connectivity index is 0.00000363. The van der Waals surface area contributed by atoms with Crippen molar-refractivity contribution in [2.45, 2.75) is 51.8 Å². The first kappa shape index (κ1) is 25.9. The number of ether oxygens (including phenoxy) is 3. The molecule has 0 amide bonds. The average Bonchev–Trinajstić information content (AvgIpc) is 3.30. The van der Waals surface area contributed by atoms with E-state index in [1.165, 1.54) is 20.0 Å². The van der Waals surface area contributed by atoms with E-state index in [0.29, 0.717) is 24.8 Å². The van der Waals surface area contributed by atoms with Crippen molar-refractivity contribution in [3.63, 3.8) is 0 Å². The minimum Gasteiger partial charge on any atom is -0.504 e. The second-order valence-corrected chi connectivity index (χ2v) is 7.51. The molecule has 0 atom stereocenters. The maximum Gasteiger partial charge on any atom is 0.191 e. The van der Waals surface area contributed by atoms with Crippen molar-refractivity contribution in [1.82, 2.24) is 10.6 Å². The van der Waals surface area contributed by atoms with Crippen LogP contribution < -0.4 is 24.8 Å². The second kappa shape index (κ2) is 13.2. The van der Waals surface area contributed by atoms with Gasteiger partial charge in [-0.15, -0.1) is 24.0 Å². The Labute approximate surface area is 207 Å². The van der Waals surface area contributed by atoms with Gasteiger partial charge in [0.25, 0.3) is 0 Å². The molecule has 1 saturated carbocycles. The molecule has 2 aromatic rings. The summed E-state index contributed by atoms with van der Waals surface area (Å²) in [6, 6.07) is 11.3. The van der Waals surface area contributed by atoms with Crippen LogP contribution in [0.4, 0.5) is 0 Å². The minimum absolute atomic E-state index is 0. The first-order chi connectivity index (χ1) is 15.1. The van der Waals surface area contributed by atoms with Crippen LogP contribution in [-0.4, -0.2) is 37.9 Å². The van der Waals surface area contributed by atoms with Gasteiger partial charge in [0.1, 0.15) is 11.5 Å². The van der Waals surface area contributed by atoms with Crippen LogP contribution in [0.5, 0.6) is 23.0 Å². The van der Waals surface area contributed by atoms with Gasteiger partial charge in [0.15, 0.2) is 17.5 Å². The summed E-state index contributed by atoms with van der Waals surface area (Å²) in [7, 11) is 3.20. The maximum atomic E-state index is 10.3. The fourth-order valence-corrected chi connectivity index (χ4v) is 3.65. The third-order valence-electron chi connectivity index (χ3n) is 5.37. The molecule has 0 heterocycles. The smallest absolute Gasteiger partial charge is 0.191 e. The van der Waals surface area contributed by atoms with Crippen molar-refractivity contribution in [3.05, 3.63) is 47.5 Å². The van der Waals surface area contributed by atoms with Crippen LogP contribution >= 0.6 is 24.0 Å². The lowest BCUT2D eigenvalue weighted by atomic mass is 10.2. The lowest BCUT2D eigenvalue weighted by Crippen LogP contribution is -2.36. The molecule has 3 N–H and O–H groups in total. The molecule has 0 radical (unpaired) electrons. The summed E-state index contributed by atoms with van der Waals surface area (Å²) in [5.41, 5.74) is 1.74. The predicted octanol–water partition coefficient (Wildman–Crippen LogP) is 4.60. The van der Waals surface area contributed by atoms with Gasteiger partial charge >= 0.3 is 0 Å². The topological polar surface area (TPSA) is 84.3 Å². The molecule has 7 nitrogen and oxygen atoms in total. The molecule has 3 rings (SSSR count). The standard InChI is InChI=1S/C24H33N3O4.HI/c1-4-25-24(27-16-18-8-7-11-21(30-3)23(18)28)26-15-17-12-13-20(29-2)14-22(17)31-19-9-5-6-10-19;/h7-8,11-14,19,28H,4-6,9-10,15-16H2,1-3H3,(H2,25,26,27);1H. The first-order valence-electron chi connectivity index (χ1n) is 10.8. The lowest BCUT2D eigenvalue weighted by Gasteiger charge is -2.17. The summed E-state index contributed by atoms with van der Waals surface area (Å²) >= 11 is 0. The van der Waals surface area contributed by atoms with E-state index >= 15 is 0 Å². The number of hydrogen-bond donors (Lipinski definition) is 3. The van der Waals surface area contributed by atoms with Gasteiger partial charge < -0.3 is 30.0 Å². The fraction of sp³-hybridized carbons (Fsp3) is 0.458. The molecule has 176 valence electrons. The molecule has 0 spiro atoms. The number of nitrogens with one attached hydrogen (secondary N) is 2. The Kier molecular flexibility index (Phi) is 10.7. The normalized spacial score (nSPS) is 13.9. The first-order valence-corrected chi connectivity index (χ1v) is 10.8. The number of benzene rings is 2. The molecule has 1 aliphatic rings. The van der Waals surface area contributed by atoms with Gasteiger partial charge in [-0.3, -0.25) is 0 Å². The maximum absolute atomic E-state index is 10.3. The summed E-state index contributed by atoms with van der Waals surface area (Å²) < 4.78 is 16.8. The quantitative estimate of drug-likeness (QED) is 0.238. The monoisotopic (exact) mass is 555 g/mol. The zero-order chi connectivity index (χ0) is 22.1. The Bertz CT molecular complexity index is 886. The van der Waals surface area contributed by atoms with E-state index in [-0.39, 0.29) is 35.8 Å². The number of halogens is 1. The van der Waals surface area contributed by atoms with E-state index in [9.17, 15) is 5.11 Å². The Morgan fingerprint density at radius 2 is 1.81 bits per heavy atom. The molecular weight excluding hydrogens is 521 g/mol. The fourth-order valence-electron chi connectivity index (χ4n) is 3.65. The van der Waals surface area contributed by atoms with E-state index in [1.807, 2.05) is 37.3 Å². The van der Waals surface area contributed by atoms with Crippen LogP contribution in [0.2, 0.25) is 0 Å². The Morgan fingerprint density at radius 3 is 2.50 bits per heavy atom. The van der Waals surface area contributed by atoms with Gasteiger partial charge in [-0.25, -0.2) is 4.99 Å². The van der Waals surface area contributed by atoms with Crippen molar-refractivity contribution >= 4 is 29.9 Å². The number of para-hydroxylation sites is 1. The van der Waals surface area contributed by atoms with Crippen LogP contribution in [-0.2, 0) is 13.1 Å². The average molecular weight is 555 g/mol. The molecular formula is C24H34IN3O4. The van der Waals surface area contributed by atoms with E-state index < -0.39 is 0 Å². The predicted molar refractivity (Wildman–Crippen MR) is 138 cm³/mol. The van der Waals surface area contributed by atoms with Crippen molar-refractivity contribution in [1.29, 1.82) is 0 Å². The van der Waals surface area contributed by atoms with E-state index in [4.69, 9.17) is 19.2 Å². The van der Waals surface area contributed by atoms with Gasteiger partial charge in [0.05, 0.1) is 26.9 Å². The molecule has 0 aromatic heterocycles. The number of phenolic OH excluding ortho intramolecular Hbond substituents is 1. The second-order valence-electron chi connectivity index (χ2n) is 7.51. The molecule has 1 aliphatic carbocycles. The summed E-state index contributed by atoms with van der Waals surface area (Å²) in [6.45, 7) is 3.63. The number of aromatic hydroxyl groups is 1. The molecule has 0 bridgehead atoms. The lowest BCUT2D eigenvalue weighted by molar-refractivity contribution is 0.207. The van der Waals surface area contributed by atoms with Crippen LogP contribution in [0.1, 0.15) is 43.7 Å². The molecule has 32 heavy (non-hydrogen) atoms. The summed E-state index contributed by atoms with van der Waals surface area (Å²) in [6.07, 6.45) is 4.88. The number of phenols is 1. The highest BCUT2D eigenvalue weighted by Crippen LogP contribution is 2.31. The summed E-state index contributed by atoms with van der Waals surface area (Å²) in [4.78, 5) is 4.72. The zero-order valence-electron chi connectivity index (χ0n) is 19.0. The van der Waals surface area contributed by atoms with Crippen molar-refractivity contribution in [3.8, 4) is 23.0 Å². The highest BCUT2D eigenvalue weighted by molar-refractivity contribution is 14.0. The molecule has 2 aromatic carbocycles. The van der Waals surface area contributed by atoms with E-state index in [2.05, 4.69) is 10.6 Å². The molecule has 8 heteroatoms. The summed E-state index contributed by atoms with van der Waals surface area (Å²) in [5, 5.41) is 16.8. The van der Waals surface area contributed by atoms with Crippen LogP contribution in [0, 0.1) is 0 Å². The van der Waals surface area contributed by atoms with Crippen molar-refractivity contribution < 1.29 is 19.3 Å². The number of methoxy groups -OCH3 is 2. The Morgan fingerprint density at radius 1 is 1.03 bits per heavy atom.